The Bertz CT molecular complexity index is 281. The molecule has 0 saturated carbocycles. The van der Waals surface area contributed by atoms with Crippen molar-refractivity contribution in [2.45, 2.75) is 6.92 Å². The van der Waals surface area contributed by atoms with E-state index in [4.69, 9.17) is 4.74 Å². The SMILES string of the molecule is CCN(CCBr)c1ncccc1OC. The standard InChI is InChI=1S/C10H15BrN2O/c1-3-13(8-6-11)10-9(14-2)5-4-7-12-10/h4-5,7H,3,6,8H2,1-2H3. The Morgan fingerprint density at radius 3 is 2.93 bits per heavy atom. The summed E-state index contributed by atoms with van der Waals surface area (Å²) in [7, 11) is 1.67. The second kappa shape index (κ2) is 5.86. The highest BCUT2D eigenvalue weighted by Crippen LogP contribution is 2.24. The molecule has 1 aromatic rings. The van der Waals surface area contributed by atoms with Gasteiger partial charge in [0.15, 0.2) is 11.6 Å². The number of hydrogen-bond donors (Lipinski definition) is 0. The third-order valence-corrected chi connectivity index (χ3v) is 2.36. The minimum absolute atomic E-state index is 0.829. The van der Waals surface area contributed by atoms with Gasteiger partial charge in [-0.05, 0) is 19.1 Å². The summed E-state index contributed by atoms with van der Waals surface area (Å²) < 4.78 is 5.25. The molecule has 1 aromatic heterocycles. The molecule has 1 rings (SSSR count). The Morgan fingerprint density at radius 1 is 1.57 bits per heavy atom. The van der Waals surface area contributed by atoms with Crippen LogP contribution in [0.5, 0.6) is 5.75 Å². The van der Waals surface area contributed by atoms with Crippen molar-refractivity contribution >= 4 is 21.7 Å². The maximum Gasteiger partial charge on any atom is 0.171 e. The van der Waals surface area contributed by atoms with Gasteiger partial charge >= 0.3 is 0 Å². The van der Waals surface area contributed by atoms with E-state index in [1.807, 2.05) is 12.1 Å². The second-order valence-corrected chi connectivity index (χ2v) is 3.59. The van der Waals surface area contributed by atoms with E-state index in [9.17, 15) is 0 Å². The van der Waals surface area contributed by atoms with Crippen molar-refractivity contribution in [3.05, 3.63) is 18.3 Å². The van der Waals surface area contributed by atoms with Crippen molar-refractivity contribution in [1.29, 1.82) is 0 Å². The molecule has 0 radical (unpaired) electrons. The Kier molecular flexibility index (Phi) is 4.73. The van der Waals surface area contributed by atoms with E-state index in [2.05, 4.69) is 32.7 Å². The van der Waals surface area contributed by atoms with Crippen molar-refractivity contribution in [2.24, 2.45) is 0 Å². The topological polar surface area (TPSA) is 25.4 Å². The van der Waals surface area contributed by atoms with Crippen LogP contribution in [0, 0.1) is 0 Å². The minimum Gasteiger partial charge on any atom is -0.493 e. The predicted octanol–water partition coefficient (Wildman–Crippen LogP) is 2.31. The highest BCUT2D eigenvalue weighted by atomic mass is 79.9. The smallest absolute Gasteiger partial charge is 0.171 e. The molecule has 1 heterocycles. The van der Waals surface area contributed by atoms with Crippen molar-refractivity contribution in [3.63, 3.8) is 0 Å². The normalized spacial score (nSPS) is 9.93. The summed E-state index contributed by atoms with van der Waals surface area (Å²) in [4.78, 5) is 6.49. The summed E-state index contributed by atoms with van der Waals surface area (Å²) in [6.07, 6.45) is 1.79. The third-order valence-electron chi connectivity index (χ3n) is 2.01. The Balaban J connectivity index is 2.90. The molecule has 4 heteroatoms. The van der Waals surface area contributed by atoms with Crippen LogP contribution in [0.2, 0.25) is 0 Å². The molecule has 0 unspecified atom stereocenters. The molecular weight excluding hydrogens is 244 g/mol. The monoisotopic (exact) mass is 258 g/mol. The number of pyridine rings is 1. The molecule has 3 nitrogen and oxygen atoms in total. The highest BCUT2D eigenvalue weighted by Gasteiger charge is 2.09. The van der Waals surface area contributed by atoms with Crippen LogP contribution in [-0.2, 0) is 0 Å². The van der Waals surface area contributed by atoms with E-state index in [1.54, 1.807) is 13.3 Å². The number of aromatic nitrogens is 1. The molecule has 0 spiro atoms. The number of hydrogen-bond acceptors (Lipinski definition) is 3. The molecule has 0 aliphatic carbocycles. The molecule has 14 heavy (non-hydrogen) atoms. The molecular formula is C10H15BrN2O. The third kappa shape index (κ3) is 2.61. The van der Waals surface area contributed by atoms with E-state index < -0.39 is 0 Å². The van der Waals surface area contributed by atoms with Crippen LogP contribution in [0.25, 0.3) is 0 Å². The lowest BCUT2D eigenvalue weighted by atomic mass is 10.4. The van der Waals surface area contributed by atoms with E-state index in [1.165, 1.54) is 0 Å². The van der Waals surface area contributed by atoms with Crippen LogP contribution in [-0.4, -0.2) is 30.5 Å². The molecule has 0 amide bonds. The first kappa shape index (κ1) is 11.3. The number of methoxy groups -OCH3 is 1. The number of nitrogens with zero attached hydrogens (tertiary/aromatic N) is 2. The average molecular weight is 259 g/mol. The summed E-state index contributed by atoms with van der Waals surface area (Å²) in [6.45, 7) is 3.97. The first-order valence-electron chi connectivity index (χ1n) is 4.63. The van der Waals surface area contributed by atoms with Gasteiger partial charge in [0.1, 0.15) is 0 Å². The molecule has 78 valence electrons. The zero-order valence-corrected chi connectivity index (χ0v) is 10.1. The van der Waals surface area contributed by atoms with Gasteiger partial charge < -0.3 is 9.64 Å². The van der Waals surface area contributed by atoms with Crippen molar-refractivity contribution in [2.75, 3.05) is 30.4 Å². The molecule has 0 fully saturated rings. The van der Waals surface area contributed by atoms with E-state index in [-0.39, 0.29) is 0 Å². The summed E-state index contributed by atoms with van der Waals surface area (Å²) >= 11 is 3.42. The van der Waals surface area contributed by atoms with Crippen LogP contribution < -0.4 is 9.64 Å². The number of anilines is 1. The van der Waals surface area contributed by atoms with E-state index in [0.717, 1.165) is 30.0 Å². The van der Waals surface area contributed by atoms with Gasteiger partial charge in [0.25, 0.3) is 0 Å². The molecule has 0 bridgehead atoms. The van der Waals surface area contributed by atoms with Gasteiger partial charge in [-0.2, -0.15) is 0 Å². The van der Waals surface area contributed by atoms with E-state index in [0.29, 0.717) is 0 Å². The van der Waals surface area contributed by atoms with Crippen LogP contribution in [0.1, 0.15) is 6.92 Å². The van der Waals surface area contributed by atoms with Gasteiger partial charge in [0.05, 0.1) is 7.11 Å². The molecule has 0 atom stereocenters. The lowest BCUT2D eigenvalue weighted by molar-refractivity contribution is 0.412. The Morgan fingerprint density at radius 2 is 2.36 bits per heavy atom. The van der Waals surface area contributed by atoms with Gasteiger partial charge in [-0.15, -0.1) is 0 Å². The molecule has 0 aliphatic heterocycles. The average Bonchev–Trinajstić information content (AvgIpc) is 2.26. The largest absolute Gasteiger partial charge is 0.493 e. The van der Waals surface area contributed by atoms with Crippen LogP contribution in [0.4, 0.5) is 5.82 Å². The number of ether oxygens (including phenoxy) is 1. The van der Waals surface area contributed by atoms with E-state index >= 15 is 0 Å². The van der Waals surface area contributed by atoms with Crippen LogP contribution in [0.15, 0.2) is 18.3 Å². The summed E-state index contributed by atoms with van der Waals surface area (Å²) in [5.41, 5.74) is 0. The number of alkyl halides is 1. The molecule has 0 saturated heterocycles. The van der Waals surface area contributed by atoms with Gasteiger partial charge in [-0.25, -0.2) is 4.98 Å². The number of halogens is 1. The molecule has 0 N–H and O–H groups in total. The highest BCUT2D eigenvalue weighted by molar-refractivity contribution is 9.09. The predicted molar refractivity (Wildman–Crippen MR) is 62.5 cm³/mol. The maximum atomic E-state index is 5.25. The lowest BCUT2D eigenvalue weighted by Crippen LogP contribution is -2.26. The molecule has 0 aliphatic rings. The maximum absolute atomic E-state index is 5.25. The lowest BCUT2D eigenvalue weighted by Gasteiger charge is -2.22. The summed E-state index contributed by atoms with van der Waals surface area (Å²) in [5, 5.41) is 0.931. The Hall–Kier alpha value is -0.770. The zero-order chi connectivity index (χ0) is 10.4. The fourth-order valence-corrected chi connectivity index (χ4v) is 1.72. The minimum atomic E-state index is 0.829. The van der Waals surface area contributed by atoms with Gasteiger partial charge in [-0.1, -0.05) is 15.9 Å². The van der Waals surface area contributed by atoms with Crippen molar-refractivity contribution in [1.82, 2.24) is 4.98 Å². The fourth-order valence-electron chi connectivity index (χ4n) is 1.29. The van der Waals surface area contributed by atoms with Gasteiger partial charge in [0, 0.05) is 24.6 Å². The fraction of sp³-hybridized carbons (Fsp3) is 0.500. The quantitative estimate of drug-likeness (QED) is 0.759. The number of rotatable bonds is 5. The van der Waals surface area contributed by atoms with Crippen LogP contribution >= 0.6 is 15.9 Å². The van der Waals surface area contributed by atoms with Gasteiger partial charge in [0.2, 0.25) is 0 Å². The van der Waals surface area contributed by atoms with Crippen molar-refractivity contribution in [3.8, 4) is 5.75 Å². The summed E-state index contributed by atoms with van der Waals surface area (Å²) in [5.74, 6) is 1.74. The first-order chi connectivity index (χ1) is 6.83. The molecule has 0 aromatic carbocycles. The summed E-state index contributed by atoms with van der Waals surface area (Å²) in [6, 6.07) is 3.81. The van der Waals surface area contributed by atoms with Crippen LogP contribution in [0.3, 0.4) is 0 Å². The van der Waals surface area contributed by atoms with Gasteiger partial charge in [-0.3, -0.25) is 0 Å². The Labute approximate surface area is 93.2 Å². The second-order valence-electron chi connectivity index (χ2n) is 2.80. The zero-order valence-electron chi connectivity index (χ0n) is 8.53. The first-order valence-corrected chi connectivity index (χ1v) is 5.75. The van der Waals surface area contributed by atoms with Crippen molar-refractivity contribution < 1.29 is 4.74 Å².